The predicted molar refractivity (Wildman–Crippen MR) is 93.5 cm³/mol. The maximum Gasteiger partial charge on any atom is 0.332 e. The van der Waals surface area contributed by atoms with Crippen molar-refractivity contribution in [2.45, 2.75) is 39.3 Å². The molecule has 0 bridgehead atoms. The first-order chi connectivity index (χ1) is 11.9. The van der Waals surface area contributed by atoms with E-state index < -0.39 is 4.92 Å². The van der Waals surface area contributed by atoms with Crippen LogP contribution in [0.2, 0.25) is 0 Å². The number of hydrogen-bond donors (Lipinski definition) is 1. The fraction of sp³-hybridized carbons (Fsp3) is 0.562. The van der Waals surface area contributed by atoms with Gasteiger partial charge in [0, 0.05) is 18.3 Å². The van der Waals surface area contributed by atoms with Crippen LogP contribution in [-0.4, -0.2) is 49.7 Å². The molecule has 2 aromatic rings. The van der Waals surface area contributed by atoms with Gasteiger partial charge >= 0.3 is 5.69 Å². The van der Waals surface area contributed by atoms with Gasteiger partial charge in [-0.2, -0.15) is 5.10 Å². The Hall–Kier alpha value is -2.55. The van der Waals surface area contributed by atoms with Gasteiger partial charge < -0.3 is 10.2 Å². The molecular formula is C16H23N7O2. The smallest absolute Gasteiger partial charge is 0.332 e. The summed E-state index contributed by atoms with van der Waals surface area (Å²) < 4.78 is 2.01. The number of piperidine rings is 1. The highest BCUT2D eigenvalue weighted by Gasteiger charge is 2.22. The fourth-order valence-electron chi connectivity index (χ4n) is 3.16. The molecule has 1 saturated heterocycles. The molecule has 0 saturated carbocycles. The van der Waals surface area contributed by atoms with E-state index in [1.807, 2.05) is 10.9 Å². The van der Waals surface area contributed by atoms with Gasteiger partial charge in [-0.3, -0.25) is 14.8 Å². The topological polar surface area (TPSA) is 102 Å². The molecule has 1 aliphatic rings. The summed E-state index contributed by atoms with van der Waals surface area (Å²) in [5.74, 6) is 0.759. The minimum Gasteiger partial charge on any atom is -0.360 e. The van der Waals surface area contributed by atoms with Gasteiger partial charge in [0.05, 0.1) is 17.2 Å². The van der Waals surface area contributed by atoms with Crippen LogP contribution < -0.4 is 5.32 Å². The maximum atomic E-state index is 11.3. The van der Waals surface area contributed by atoms with Crippen molar-refractivity contribution in [3.63, 3.8) is 0 Å². The summed E-state index contributed by atoms with van der Waals surface area (Å²) in [6.45, 7) is 5.92. The Balaban J connectivity index is 1.70. The Bertz CT molecular complexity index is 766. The van der Waals surface area contributed by atoms with Crippen molar-refractivity contribution >= 4 is 11.5 Å². The molecule has 0 unspecified atom stereocenters. The predicted octanol–water partition coefficient (Wildman–Crippen LogP) is 2.08. The summed E-state index contributed by atoms with van der Waals surface area (Å²) >= 11 is 0. The largest absolute Gasteiger partial charge is 0.360 e. The molecule has 0 spiro atoms. The number of anilines is 1. The van der Waals surface area contributed by atoms with Crippen molar-refractivity contribution in [1.82, 2.24) is 24.6 Å². The average Bonchev–Trinajstić information content (AvgIpc) is 3.01. The molecule has 0 aliphatic carbocycles. The molecule has 3 rings (SSSR count). The minimum absolute atomic E-state index is 0.0756. The van der Waals surface area contributed by atoms with E-state index in [1.165, 1.54) is 0 Å². The van der Waals surface area contributed by atoms with Crippen LogP contribution in [0.4, 0.5) is 11.5 Å². The summed E-state index contributed by atoms with van der Waals surface area (Å²) in [4.78, 5) is 21.4. The number of nitrogens with zero attached hydrogens (tertiary/aromatic N) is 6. The Morgan fingerprint density at radius 3 is 2.72 bits per heavy atom. The highest BCUT2D eigenvalue weighted by molar-refractivity contribution is 5.58. The first-order valence-electron chi connectivity index (χ1n) is 8.39. The normalized spacial score (nSPS) is 16.1. The van der Waals surface area contributed by atoms with Crippen LogP contribution in [0, 0.1) is 24.0 Å². The van der Waals surface area contributed by atoms with Gasteiger partial charge in [-0.1, -0.05) is 0 Å². The van der Waals surface area contributed by atoms with Gasteiger partial charge in [-0.15, -0.1) is 0 Å². The second kappa shape index (κ2) is 7.14. The van der Waals surface area contributed by atoms with Crippen LogP contribution in [0.15, 0.2) is 12.4 Å². The molecule has 1 aliphatic heterocycles. The van der Waals surface area contributed by atoms with Gasteiger partial charge in [-0.25, -0.2) is 9.97 Å². The van der Waals surface area contributed by atoms with Crippen LogP contribution in [-0.2, 0) is 6.54 Å². The lowest BCUT2D eigenvalue weighted by Crippen LogP contribution is -2.31. The van der Waals surface area contributed by atoms with E-state index in [9.17, 15) is 10.1 Å². The lowest BCUT2D eigenvalue weighted by atomic mass is 10.1. The first-order valence-corrected chi connectivity index (χ1v) is 8.39. The summed E-state index contributed by atoms with van der Waals surface area (Å²) in [7, 11) is 2.13. The molecule has 3 heterocycles. The summed E-state index contributed by atoms with van der Waals surface area (Å²) in [5, 5.41) is 18.8. The number of rotatable bonds is 5. The highest BCUT2D eigenvalue weighted by atomic mass is 16.6. The number of nitrogens with one attached hydrogen (secondary N) is 1. The lowest BCUT2D eigenvalue weighted by molar-refractivity contribution is -0.385. The monoisotopic (exact) mass is 345 g/mol. The van der Waals surface area contributed by atoms with Crippen LogP contribution in [0.5, 0.6) is 0 Å². The number of aromatic nitrogens is 4. The molecule has 1 N–H and O–H groups in total. The van der Waals surface area contributed by atoms with Gasteiger partial charge in [0.15, 0.2) is 0 Å². The Labute approximate surface area is 146 Å². The van der Waals surface area contributed by atoms with E-state index in [-0.39, 0.29) is 11.5 Å². The SMILES string of the molecule is Cc1nc(C)c([N+](=O)[O-])c(NCc2cnn(C3CCN(C)CC3)c2)n1. The maximum absolute atomic E-state index is 11.3. The van der Waals surface area contributed by atoms with E-state index in [1.54, 1.807) is 20.0 Å². The number of likely N-dealkylation sites (tertiary alicyclic amines) is 1. The molecule has 9 heteroatoms. The fourth-order valence-corrected chi connectivity index (χ4v) is 3.16. The van der Waals surface area contributed by atoms with Crippen molar-refractivity contribution in [1.29, 1.82) is 0 Å². The number of hydrogen-bond acceptors (Lipinski definition) is 7. The van der Waals surface area contributed by atoms with E-state index in [2.05, 4.69) is 32.3 Å². The second-order valence-corrected chi connectivity index (χ2v) is 6.53. The van der Waals surface area contributed by atoms with Crippen molar-refractivity contribution in [3.05, 3.63) is 39.6 Å². The third-order valence-corrected chi connectivity index (χ3v) is 4.53. The van der Waals surface area contributed by atoms with Crippen molar-refractivity contribution in [3.8, 4) is 0 Å². The van der Waals surface area contributed by atoms with Gasteiger partial charge in [-0.05, 0) is 46.8 Å². The molecular weight excluding hydrogens is 322 g/mol. The van der Waals surface area contributed by atoms with Crippen molar-refractivity contribution < 1.29 is 4.92 Å². The van der Waals surface area contributed by atoms with Crippen molar-refractivity contribution in [2.75, 3.05) is 25.5 Å². The number of nitro groups is 1. The van der Waals surface area contributed by atoms with E-state index in [0.717, 1.165) is 31.5 Å². The van der Waals surface area contributed by atoms with E-state index in [0.29, 0.717) is 24.1 Å². The second-order valence-electron chi connectivity index (χ2n) is 6.53. The molecule has 25 heavy (non-hydrogen) atoms. The summed E-state index contributed by atoms with van der Waals surface area (Å²) in [6, 6.07) is 0.419. The Morgan fingerprint density at radius 2 is 2.04 bits per heavy atom. The molecule has 9 nitrogen and oxygen atoms in total. The molecule has 1 fully saturated rings. The van der Waals surface area contributed by atoms with E-state index >= 15 is 0 Å². The third kappa shape index (κ3) is 3.93. The molecule has 0 aromatic carbocycles. The molecule has 0 atom stereocenters. The van der Waals surface area contributed by atoms with Crippen LogP contribution in [0.3, 0.4) is 0 Å². The van der Waals surface area contributed by atoms with Gasteiger partial charge in [0.25, 0.3) is 0 Å². The average molecular weight is 345 g/mol. The zero-order chi connectivity index (χ0) is 18.0. The lowest BCUT2D eigenvalue weighted by Gasteiger charge is -2.28. The van der Waals surface area contributed by atoms with Crippen LogP contribution >= 0.6 is 0 Å². The van der Waals surface area contributed by atoms with Gasteiger partial charge in [0.1, 0.15) is 11.5 Å². The van der Waals surface area contributed by atoms with Crippen LogP contribution in [0.1, 0.15) is 36.0 Å². The van der Waals surface area contributed by atoms with Crippen molar-refractivity contribution in [2.24, 2.45) is 0 Å². The molecule has 0 amide bonds. The van der Waals surface area contributed by atoms with Crippen LogP contribution in [0.25, 0.3) is 0 Å². The number of aryl methyl sites for hydroxylation is 2. The van der Waals surface area contributed by atoms with Gasteiger partial charge in [0.2, 0.25) is 5.82 Å². The summed E-state index contributed by atoms with van der Waals surface area (Å²) in [5.41, 5.74) is 1.26. The quantitative estimate of drug-likeness (QED) is 0.654. The van der Waals surface area contributed by atoms with E-state index in [4.69, 9.17) is 0 Å². The standard InChI is InChI=1S/C16H23N7O2/c1-11-15(23(24)25)16(20-12(2)19-11)17-8-13-9-18-22(10-13)14-4-6-21(3)7-5-14/h9-10,14H,4-8H2,1-3H3,(H,17,19,20). The highest BCUT2D eigenvalue weighted by Crippen LogP contribution is 2.26. The molecule has 0 radical (unpaired) electrons. The molecule has 134 valence electrons. The zero-order valence-corrected chi connectivity index (χ0v) is 14.8. The zero-order valence-electron chi connectivity index (χ0n) is 14.8. The Morgan fingerprint density at radius 1 is 1.32 bits per heavy atom. The Kier molecular flexibility index (Phi) is 4.93. The molecule has 2 aromatic heterocycles. The minimum atomic E-state index is -0.445. The third-order valence-electron chi connectivity index (χ3n) is 4.53. The first kappa shape index (κ1) is 17.3. The summed E-state index contributed by atoms with van der Waals surface area (Å²) in [6.07, 6.45) is 5.98.